The molecule has 1 unspecified atom stereocenters. The van der Waals surface area contributed by atoms with Crippen molar-refractivity contribution in [2.75, 3.05) is 31.5 Å². The number of amides is 1. The van der Waals surface area contributed by atoms with E-state index in [1.54, 1.807) is 0 Å². The first-order valence-corrected chi connectivity index (χ1v) is 8.40. The van der Waals surface area contributed by atoms with Crippen LogP contribution in [-0.2, 0) is 4.79 Å². The number of hydrogen-bond donors (Lipinski definition) is 2. The van der Waals surface area contributed by atoms with Crippen LogP contribution < -0.4 is 10.6 Å². The molecule has 2 N–H and O–H groups in total. The summed E-state index contributed by atoms with van der Waals surface area (Å²) in [5.74, 6) is 0.0702. The van der Waals surface area contributed by atoms with E-state index in [-0.39, 0.29) is 5.91 Å². The third-order valence-electron chi connectivity index (χ3n) is 3.87. The number of nitrogens with one attached hydrogen (secondary N) is 2. The SMILES string of the molecule is CCCN(CC(=O)Nc1ccc(Br)cc1C)C1CCNC1. The van der Waals surface area contributed by atoms with Gasteiger partial charge in [-0.2, -0.15) is 0 Å². The first-order valence-electron chi connectivity index (χ1n) is 7.61. The van der Waals surface area contributed by atoms with Gasteiger partial charge in [-0.25, -0.2) is 0 Å². The van der Waals surface area contributed by atoms with Crippen molar-refractivity contribution in [3.63, 3.8) is 0 Å². The molecule has 1 saturated heterocycles. The van der Waals surface area contributed by atoms with E-state index in [2.05, 4.69) is 38.4 Å². The number of carbonyl (C=O) groups excluding carboxylic acids is 1. The highest BCUT2D eigenvalue weighted by Crippen LogP contribution is 2.20. The van der Waals surface area contributed by atoms with Crippen LogP contribution in [0.3, 0.4) is 0 Å². The molecular weight excluding hydrogens is 330 g/mol. The second-order valence-electron chi connectivity index (χ2n) is 5.62. The lowest BCUT2D eigenvalue weighted by Gasteiger charge is -2.27. The number of aryl methyl sites for hydroxylation is 1. The van der Waals surface area contributed by atoms with E-state index in [0.29, 0.717) is 12.6 Å². The summed E-state index contributed by atoms with van der Waals surface area (Å²) in [6.07, 6.45) is 2.20. The zero-order valence-electron chi connectivity index (χ0n) is 12.8. The average Bonchev–Trinajstić information content (AvgIpc) is 2.95. The number of carbonyl (C=O) groups is 1. The van der Waals surface area contributed by atoms with Gasteiger partial charge < -0.3 is 10.6 Å². The highest BCUT2D eigenvalue weighted by molar-refractivity contribution is 9.10. The maximum atomic E-state index is 12.3. The summed E-state index contributed by atoms with van der Waals surface area (Å²) >= 11 is 3.44. The van der Waals surface area contributed by atoms with Crippen LogP contribution in [0.2, 0.25) is 0 Å². The Morgan fingerprint density at radius 2 is 2.33 bits per heavy atom. The van der Waals surface area contributed by atoms with Crippen molar-refractivity contribution in [1.29, 1.82) is 0 Å². The molecule has 21 heavy (non-hydrogen) atoms. The smallest absolute Gasteiger partial charge is 0.238 e. The van der Waals surface area contributed by atoms with Crippen LogP contribution in [-0.4, -0.2) is 43.0 Å². The summed E-state index contributed by atoms with van der Waals surface area (Å²) in [5, 5.41) is 6.40. The van der Waals surface area contributed by atoms with Gasteiger partial charge in [0.1, 0.15) is 0 Å². The van der Waals surface area contributed by atoms with Gasteiger partial charge in [0.05, 0.1) is 6.54 Å². The minimum atomic E-state index is 0.0702. The van der Waals surface area contributed by atoms with Crippen LogP contribution in [0.25, 0.3) is 0 Å². The molecule has 0 spiro atoms. The first kappa shape index (κ1) is 16.5. The Kier molecular flexibility index (Phi) is 6.21. The van der Waals surface area contributed by atoms with Crippen LogP contribution in [0.1, 0.15) is 25.3 Å². The fourth-order valence-electron chi connectivity index (χ4n) is 2.77. The van der Waals surface area contributed by atoms with E-state index >= 15 is 0 Å². The highest BCUT2D eigenvalue weighted by Gasteiger charge is 2.23. The van der Waals surface area contributed by atoms with Crippen molar-refractivity contribution in [2.24, 2.45) is 0 Å². The van der Waals surface area contributed by atoms with E-state index in [4.69, 9.17) is 0 Å². The van der Waals surface area contributed by atoms with Gasteiger partial charge in [-0.05, 0) is 56.6 Å². The molecule has 0 saturated carbocycles. The lowest BCUT2D eigenvalue weighted by atomic mass is 10.2. The summed E-state index contributed by atoms with van der Waals surface area (Å²) in [4.78, 5) is 14.6. The van der Waals surface area contributed by atoms with Crippen molar-refractivity contribution in [1.82, 2.24) is 10.2 Å². The molecule has 0 radical (unpaired) electrons. The Hall–Kier alpha value is -0.910. The highest BCUT2D eigenvalue weighted by atomic mass is 79.9. The summed E-state index contributed by atoms with van der Waals surface area (Å²) in [7, 11) is 0. The van der Waals surface area contributed by atoms with Crippen molar-refractivity contribution < 1.29 is 4.79 Å². The second-order valence-corrected chi connectivity index (χ2v) is 6.54. The third kappa shape index (κ3) is 4.80. The molecule has 0 aliphatic carbocycles. The van der Waals surface area contributed by atoms with E-state index in [9.17, 15) is 4.79 Å². The van der Waals surface area contributed by atoms with Crippen molar-refractivity contribution >= 4 is 27.5 Å². The summed E-state index contributed by atoms with van der Waals surface area (Å²) in [6.45, 7) is 7.65. The standard InChI is InChI=1S/C16H24BrN3O/c1-3-8-20(14-6-7-18-10-14)11-16(21)19-15-5-4-13(17)9-12(15)2/h4-5,9,14,18H,3,6-8,10-11H2,1-2H3,(H,19,21). The van der Waals surface area contributed by atoms with Crippen molar-refractivity contribution in [2.45, 2.75) is 32.7 Å². The predicted octanol–water partition coefficient (Wildman–Crippen LogP) is 2.77. The molecule has 116 valence electrons. The molecule has 0 aromatic heterocycles. The third-order valence-corrected chi connectivity index (χ3v) is 4.36. The van der Waals surface area contributed by atoms with Gasteiger partial charge in [0, 0.05) is 22.7 Å². The average molecular weight is 354 g/mol. The lowest BCUT2D eigenvalue weighted by Crippen LogP contribution is -2.42. The molecule has 1 aromatic rings. The molecule has 1 aliphatic heterocycles. The number of hydrogen-bond acceptors (Lipinski definition) is 3. The van der Waals surface area contributed by atoms with Crippen LogP contribution in [0.15, 0.2) is 22.7 Å². The zero-order valence-corrected chi connectivity index (χ0v) is 14.4. The summed E-state index contributed by atoms with van der Waals surface area (Å²) in [5.41, 5.74) is 1.96. The Morgan fingerprint density at radius 1 is 1.52 bits per heavy atom. The molecule has 1 atom stereocenters. The molecule has 4 nitrogen and oxygen atoms in total. The first-order chi connectivity index (χ1) is 10.1. The molecule has 2 rings (SSSR count). The Morgan fingerprint density at radius 3 is 2.95 bits per heavy atom. The number of halogens is 1. The topological polar surface area (TPSA) is 44.4 Å². The largest absolute Gasteiger partial charge is 0.325 e. The van der Waals surface area contributed by atoms with Crippen LogP contribution in [0.4, 0.5) is 5.69 Å². The molecule has 0 bridgehead atoms. The summed E-state index contributed by atoms with van der Waals surface area (Å²) < 4.78 is 1.03. The number of benzene rings is 1. The van der Waals surface area contributed by atoms with E-state index < -0.39 is 0 Å². The fraction of sp³-hybridized carbons (Fsp3) is 0.562. The molecular formula is C16H24BrN3O. The molecule has 1 amide bonds. The van der Waals surface area contributed by atoms with Gasteiger partial charge >= 0.3 is 0 Å². The van der Waals surface area contributed by atoms with Gasteiger partial charge in [-0.1, -0.05) is 22.9 Å². The Balaban J connectivity index is 1.95. The number of nitrogens with zero attached hydrogens (tertiary/aromatic N) is 1. The van der Waals surface area contributed by atoms with Crippen LogP contribution >= 0.6 is 15.9 Å². The predicted molar refractivity (Wildman–Crippen MR) is 90.6 cm³/mol. The van der Waals surface area contributed by atoms with Gasteiger partial charge in [0.2, 0.25) is 5.91 Å². The monoisotopic (exact) mass is 353 g/mol. The quantitative estimate of drug-likeness (QED) is 0.826. The zero-order chi connectivity index (χ0) is 15.2. The molecule has 5 heteroatoms. The van der Waals surface area contributed by atoms with Crippen molar-refractivity contribution in [3.8, 4) is 0 Å². The minimum Gasteiger partial charge on any atom is -0.325 e. The molecule has 1 aromatic carbocycles. The van der Waals surface area contributed by atoms with Gasteiger partial charge in [-0.15, -0.1) is 0 Å². The maximum absolute atomic E-state index is 12.3. The minimum absolute atomic E-state index is 0.0702. The van der Waals surface area contributed by atoms with Gasteiger partial charge in [0.15, 0.2) is 0 Å². The molecule has 1 fully saturated rings. The van der Waals surface area contributed by atoms with E-state index in [1.807, 2.05) is 25.1 Å². The summed E-state index contributed by atoms with van der Waals surface area (Å²) in [6, 6.07) is 6.40. The normalized spacial score (nSPS) is 18.2. The number of rotatable bonds is 6. The maximum Gasteiger partial charge on any atom is 0.238 e. The number of anilines is 1. The van der Waals surface area contributed by atoms with E-state index in [1.165, 1.54) is 0 Å². The molecule has 1 heterocycles. The molecule has 1 aliphatic rings. The van der Waals surface area contributed by atoms with Crippen molar-refractivity contribution in [3.05, 3.63) is 28.2 Å². The van der Waals surface area contributed by atoms with Crippen LogP contribution in [0.5, 0.6) is 0 Å². The van der Waals surface area contributed by atoms with E-state index in [0.717, 1.165) is 48.2 Å². The van der Waals surface area contributed by atoms with Gasteiger partial charge in [-0.3, -0.25) is 9.69 Å². The Bertz CT molecular complexity index is 486. The lowest BCUT2D eigenvalue weighted by molar-refractivity contribution is -0.117. The van der Waals surface area contributed by atoms with Crippen LogP contribution in [0, 0.1) is 6.92 Å². The van der Waals surface area contributed by atoms with Gasteiger partial charge in [0.25, 0.3) is 0 Å². The fourth-order valence-corrected chi connectivity index (χ4v) is 3.25. The second kappa shape index (κ2) is 7.92. The Labute approximate surface area is 135 Å².